The van der Waals surface area contributed by atoms with Gasteiger partial charge in [0.1, 0.15) is 0 Å². The molecule has 0 radical (unpaired) electrons. The van der Waals surface area contributed by atoms with Gasteiger partial charge in [0, 0.05) is 11.1 Å². The lowest BCUT2D eigenvalue weighted by Gasteiger charge is -2.12. The maximum Gasteiger partial charge on any atom is 0.234 e. The average Bonchev–Trinajstić information content (AvgIpc) is 3.49. The van der Waals surface area contributed by atoms with E-state index >= 15 is 0 Å². The first-order chi connectivity index (χ1) is 15.7. The van der Waals surface area contributed by atoms with Crippen LogP contribution in [-0.2, 0) is 11.2 Å². The second kappa shape index (κ2) is 8.47. The summed E-state index contributed by atoms with van der Waals surface area (Å²) in [5, 5.41) is 13.3. The van der Waals surface area contributed by atoms with Crippen LogP contribution >= 0.6 is 11.8 Å². The number of aromatic nitrogens is 4. The number of nitrogens with one attached hydrogen (secondary N) is 1. The average molecular weight is 444 g/mol. The molecule has 0 aliphatic carbocycles. The number of carbonyl (C=O) groups is 1. The molecule has 0 atom stereocenters. The molecule has 2 aromatic carbocycles. The van der Waals surface area contributed by atoms with Crippen LogP contribution in [0.25, 0.3) is 28.1 Å². The summed E-state index contributed by atoms with van der Waals surface area (Å²) in [5.41, 5.74) is 4.53. The van der Waals surface area contributed by atoms with Gasteiger partial charge in [-0.3, -0.25) is 9.20 Å². The molecule has 0 saturated carbocycles. The van der Waals surface area contributed by atoms with Crippen LogP contribution in [0.5, 0.6) is 0 Å². The summed E-state index contributed by atoms with van der Waals surface area (Å²) in [6, 6.07) is 17.5. The van der Waals surface area contributed by atoms with E-state index in [1.165, 1.54) is 11.8 Å². The number of benzene rings is 2. The Kier molecular flexibility index (Phi) is 5.36. The van der Waals surface area contributed by atoms with Crippen LogP contribution in [0.1, 0.15) is 18.1 Å². The molecular weight excluding hydrogens is 422 g/mol. The number of aryl methyl sites for hydroxylation is 2. The minimum Gasteiger partial charge on any atom is -0.461 e. The van der Waals surface area contributed by atoms with E-state index in [9.17, 15) is 4.79 Å². The van der Waals surface area contributed by atoms with Gasteiger partial charge >= 0.3 is 0 Å². The fraction of sp³-hybridized carbons (Fsp3) is 0.167. The van der Waals surface area contributed by atoms with Crippen molar-refractivity contribution in [1.29, 1.82) is 0 Å². The van der Waals surface area contributed by atoms with Crippen molar-refractivity contribution in [2.45, 2.75) is 25.4 Å². The second-order valence-corrected chi connectivity index (χ2v) is 8.31. The third-order valence-electron chi connectivity index (χ3n) is 5.29. The van der Waals surface area contributed by atoms with Crippen LogP contribution in [0, 0.1) is 6.92 Å². The first kappa shape index (κ1) is 20.3. The van der Waals surface area contributed by atoms with Crippen molar-refractivity contribution in [1.82, 2.24) is 19.6 Å². The molecule has 8 heteroatoms. The number of rotatable bonds is 6. The highest BCUT2D eigenvalue weighted by molar-refractivity contribution is 7.99. The van der Waals surface area contributed by atoms with Gasteiger partial charge in [-0.15, -0.1) is 10.2 Å². The Hall–Kier alpha value is -3.65. The predicted octanol–water partition coefficient (Wildman–Crippen LogP) is 5.14. The highest BCUT2D eigenvalue weighted by Gasteiger charge is 2.19. The number of furan rings is 1. The zero-order valence-corrected chi connectivity index (χ0v) is 18.5. The van der Waals surface area contributed by atoms with E-state index in [2.05, 4.69) is 22.4 Å². The fourth-order valence-corrected chi connectivity index (χ4v) is 4.46. The van der Waals surface area contributed by atoms with Crippen molar-refractivity contribution in [3.63, 3.8) is 0 Å². The van der Waals surface area contributed by atoms with Crippen LogP contribution < -0.4 is 5.32 Å². The van der Waals surface area contributed by atoms with Gasteiger partial charge in [0.25, 0.3) is 0 Å². The maximum absolute atomic E-state index is 12.8. The number of fused-ring (bicyclic) bond motifs is 3. The van der Waals surface area contributed by atoms with E-state index in [4.69, 9.17) is 9.40 Å². The molecule has 1 N–H and O–H groups in total. The Balaban J connectivity index is 1.48. The second-order valence-electron chi connectivity index (χ2n) is 7.37. The van der Waals surface area contributed by atoms with E-state index in [0.717, 1.165) is 34.1 Å². The molecule has 0 aliphatic rings. The Bertz CT molecular complexity index is 1430. The molecule has 1 amide bonds. The van der Waals surface area contributed by atoms with Crippen molar-refractivity contribution in [3.05, 3.63) is 72.0 Å². The summed E-state index contributed by atoms with van der Waals surface area (Å²) in [5.74, 6) is 1.31. The molecule has 3 aromatic heterocycles. The van der Waals surface area contributed by atoms with E-state index in [1.807, 2.05) is 65.9 Å². The van der Waals surface area contributed by atoms with Gasteiger partial charge in [0.05, 0.1) is 17.5 Å². The van der Waals surface area contributed by atoms with Crippen LogP contribution in [0.4, 0.5) is 5.69 Å². The Labute approximate surface area is 188 Å². The largest absolute Gasteiger partial charge is 0.461 e. The van der Waals surface area contributed by atoms with Crippen LogP contribution in [0.15, 0.2) is 70.4 Å². The van der Waals surface area contributed by atoms with Crippen LogP contribution in [-0.4, -0.2) is 31.2 Å². The van der Waals surface area contributed by atoms with Gasteiger partial charge in [0.15, 0.2) is 22.4 Å². The number of thioether (sulfide) groups is 1. The first-order valence-corrected chi connectivity index (χ1v) is 11.3. The van der Waals surface area contributed by atoms with E-state index in [1.54, 1.807) is 6.26 Å². The first-order valence-electron chi connectivity index (χ1n) is 10.3. The maximum atomic E-state index is 12.8. The van der Waals surface area contributed by atoms with Gasteiger partial charge < -0.3 is 9.73 Å². The lowest BCUT2D eigenvalue weighted by atomic mass is 10.1. The summed E-state index contributed by atoms with van der Waals surface area (Å²) in [7, 11) is 0. The number of hydrogen-bond donors (Lipinski definition) is 1. The molecule has 0 unspecified atom stereocenters. The third kappa shape index (κ3) is 3.62. The van der Waals surface area contributed by atoms with Crippen molar-refractivity contribution in [3.8, 4) is 11.6 Å². The molecule has 5 rings (SSSR count). The molecule has 3 heterocycles. The predicted molar refractivity (Wildman–Crippen MR) is 126 cm³/mol. The fourth-order valence-electron chi connectivity index (χ4n) is 3.73. The molecule has 0 fully saturated rings. The lowest BCUT2D eigenvalue weighted by Crippen LogP contribution is -2.16. The summed E-state index contributed by atoms with van der Waals surface area (Å²) < 4.78 is 7.47. The number of para-hydroxylation sites is 2. The Morgan fingerprint density at radius 1 is 1.09 bits per heavy atom. The lowest BCUT2D eigenvalue weighted by molar-refractivity contribution is -0.113. The minimum absolute atomic E-state index is 0.0935. The van der Waals surface area contributed by atoms with Crippen LogP contribution in [0.3, 0.4) is 0 Å². The van der Waals surface area contributed by atoms with E-state index in [0.29, 0.717) is 22.4 Å². The summed E-state index contributed by atoms with van der Waals surface area (Å²) in [6.07, 6.45) is 2.46. The number of carbonyl (C=O) groups excluding carboxylic acids is 1. The number of nitrogens with zero attached hydrogens (tertiary/aromatic N) is 4. The molecule has 0 bridgehead atoms. The zero-order valence-electron chi connectivity index (χ0n) is 17.7. The SMILES string of the molecule is CCc1cccc(C)c1NC(=O)CSc1nnc2c3ccccc3nc(-c3ccco3)n12. The summed E-state index contributed by atoms with van der Waals surface area (Å²) in [6.45, 7) is 4.08. The normalized spacial score (nSPS) is 11.3. The Morgan fingerprint density at radius 2 is 1.97 bits per heavy atom. The van der Waals surface area contributed by atoms with Gasteiger partial charge in [-0.25, -0.2) is 4.98 Å². The number of hydrogen-bond acceptors (Lipinski definition) is 6. The molecule has 160 valence electrons. The monoisotopic (exact) mass is 443 g/mol. The van der Waals surface area contributed by atoms with E-state index < -0.39 is 0 Å². The van der Waals surface area contributed by atoms with Gasteiger partial charge in [-0.1, -0.05) is 49.0 Å². The Morgan fingerprint density at radius 3 is 2.78 bits per heavy atom. The smallest absolute Gasteiger partial charge is 0.234 e. The summed E-state index contributed by atoms with van der Waals surface area (Å²) in [4.78, 5) is 17.5. The van der Waals surface area contributed by atoms with Gasteiger partial charge in [0.2, 0.25) is 5.91 Å². The molecule has 0 spiro atoms. The number of amides is 1. The van der Waals surface area contributed by atoms with E-state index in [-0.39, 0.29) is 11.7 Å². The third-order valence-corrected chi connectivity index (χ3v) is 6.22. The highest BCUT2D eigenvalue weighted by Crippen LogP contribution is 2.29. The molecule has 7 nitrogen and oxygen atoms in total. The highest BCUT2D eigenvalue weighted by atomic mass is 32.2. The quantitative estimate of drug-likeness (QED) is 0.366. The van der Waals surface area contributed by atoms with Gasteiger partial charge in [-0.2, -0.15) is 0 Å². The zero-order chi connectivity index (χ0) is 22.1. The topological polar surface area (TPSA) is 85.3 Å². The van der Waals surface area contributed by atoms with Crippen molar-refractivity contribution in [2.75, 3.05) is 11.1 Å². The molecular formula is C24H21N5O2S. The molecule has 0 saturated heterocycles. The van der Waals surface area contributed by atoms with Crippen LogP contribution in [0.2, 0.25) is 0 Å². The molecule has 5 aromatic rings. The van der Waals surface area contributed by atoms with Crippen molar-refractivity contribution in [2.24, 2.45) is 0 Å². The standard InChI is InChI=1S/C24H21N5O2S/c1-3-16-9-6-8-15(2)21(16)26-20(30)14-32-24-28-27-22-17-10-4-5-11-18(17)25-23(29(22)24)19-12-7-13-31-19/h4-13H,3,14H2,1-2H3,(H,26,30). The van der Waals surface area contributed by atoms with Crippen molar-refractivity contribution < 1.29 is 9.21 Å². The van der Waals surface area contributed by atoms with Crippen molar-refractivity contribution >= 4 is 39.9 Å². The molecule has 32 heavy (non-hydrogen) atoms. The minimum atomic E-state index is -0.0935. The summed E-state index contributed by atoms with van der Waals surface area (Å²) >= 11 is 1.32. The van der Waals surface area contributed by atoms with Gasteiger partial charge in [-0.05, 0) is 48.7 Å². The number of anilines is 1. The molecule has 0 aliphatic heterocycles.